The van der Waals surface area contributed by atoms with Gasteiger partial charge in [-0.25, -0.2) is 4.79 Å². The molecule has 3 aromatic rings. The van der Waals surface area contributed by atoms with Crippen LogP contribution < -0.4 is 5.32 Å². The Morgan fingerprint density at radius 1 is 0.935 bits per heavy atom. The van der Waals surface area contributed by atoms with E-state index in [4.69, 9.17) is 0 Å². The Balaban J connectivity index is 1.74. The fraction of sp³-hybridized carbons (Fsp3) is 0.360. The molecule has 1 aromatic heterocycles. The van der Waals surface area contributed by atoms with Gasteiger partial charge in [-0.15, -0.1) is 0 Å². The van der Waals surface area contributed by atoms with E-state index >= 15 is 0 Å². The molecule has 0 bridgehead atoms. The maximum absolute atomic E-state index is 13.3. The molecule has 6 heteroatoms. The zero-order valence-electron chi connectivity index (χ0n) is 18.4. The van der Waals surface area contributed by atoms with Gasteiger partial charge in [-0.05, 0) is 37.0 Å². The summed E-state index contributed by atoms with van der Waals surface area (Å²) < 4.78 is 0. The van der Waals surface area contributed by atoms with Gasteiger partial charge in [0.15, 0.2) is 0 Å². The van der Waals surface area contributed by atoms with Gasteiger partial charge in [-0.3, -0.25) is 4.79 Å². The fourth-order valence-corrected chi connectivity index (χ4v) is 3.74. The van der Waals surface area contributed by atoms with Crippen LogP contribution in [0, 0.1) is 0 Å². The van der Waals surface area contributed by atoms with Gasteiger partial charge in [0.25, 0.3) is 0 Å². The minimum Gasteiger partial charge on any atom is -0.361 e. The van der Waals surface area contributed by atoms with Crippen LogP contribution in [-0.2, 0) is 17.8 Å². The number of hydrogen-bond donors (Lipinski definition) is 2. The number of fused-ring (bicyclic) bond motifs is 1. The van der Waals surface area contributed by atoms with Crippen LogP contribution in [0.5, 0.6) is 0 Å². The third kappa shape index (κ3) is 6.10. The van der Waals surface area contributed by atoms with Crippen LogP contribution >= 0.6 is 0 Å². The Kier molecular flexibility index (Phi) is 8.10. The first-order valence-corrected chi connectivity index (χ1v) is 11.0. The van der Waals surface area contributed by atoms with Crippen molar-refractivity contribution >= 4 is 22.8 Å². The van der Waals surface area contributed by atoms with Gasteiger partial charge in [0.1, 0.15) is 6.54 Å². The second-order valence-electron chi connectivity index (χ2n) is 7.67. The molecule has 0 spiro atoms. The normalized spacial score (nSPS) is 10.8. The molecule has 1 heterocycles. The van der Waals surface area contributed by atoms with Crippen LogP contribution in [0.3, 0.4) is 0 Å². The predicted octanol–water partition coefficient (Wildman–Crippen LogP) is 4.18. The van der Waals surface area contributed by atoms with E-state index in [1.54, 1.807) is 4.90 Å². The van der Waals surface area contributed by atoms with Crippen LogP contribution in [0.15, 0.2) is 60.8 Å². The van der Waals surface area contributed by atoms with E-state index in [1.165, 1.54) is 10.9 Å². The summed E-state index contributed by atoms with van der Waals surface area (Å²) in [5, 5.41) is 4.00. The zero-order chi connectivity index (χ0) is 22.1. The van der Waals surface area contributed by atoms with Crippen molar-refractivity contribution < 1.29 is 9.59 Å². The number of H-pyrrole nitrogens is 1. The molecule has 0 saturated heterocycles. The Morgan fingerprint density at radius 3 is 2.42 bits per heavy atom. The lowest BCUT2D eigenvalue weighted by atomic mass is 10.1. The Hall–Kier alpha value is -3.28. The third-order valence-corrected chi connectivity index (χ3v) is 5.33. The first-order valence-electron chi connectivity index (χ1n) is 11.0. The van der Waals surface area contributed by atoms with Crippen molar-refractivity contribution in [2.24, 2.45) is 0 Å². The largest absolute Gasteiger partial charge is 0.361 e. The summed E-state index contributed by atoms with van der Waals surface area (Å²) in [4.78, 5) is 32.4. The molecule has 3 rings (SSSR count). The molecule has 0 unspecified atom stereocenters. The van der Waals surface area contributed by atoms with E-state index in [2.05, 4.69) is 22.4 Å². The number of nitrogens with one attached hydrogen (secondary N) is 2. The van der Waals surface area contributed by atoms with Crippen molar-refractivity contribution in [2.75, 3.05) is 26.2 Å². The molecular formula is C25H32N4O2. The zero-order valence-corrected chi connectivity index (χ0v) is 18.4. The summed E-state index contributed by atoms with van der Waals surface area (Å²) in [5.74, 6) is -0.0385. The van der Waals surface area contributed by atoms with Crippen LogP contribution in [0.4, 0.5) is 4.79 Å². The number of aromatic nitrogens is 1. The highest BCUT2D eigenvalue weighted by molar-refractivity contribution is 5.85. The van der Waals surface area contributed by atoms with E-state index in [0.29, 0.717) is 26.2 Å². The summed E-state index contributed by atoms with van der Waals surface area (Å²) in [6, 6.07) is 18.0. The van der Waals surface area contributed by atoms with Gasteiger partial charge in [0.2, 0.25) is 5.91 Å². The molecule has 0 aliphatic heterocycles. The van der Waals surface area contributed by atoms with E-state index in [1.807, 2.05) is 67.4 Å². The van der Waals surface area contributed by atoms with Gasteiger partial charge >= 0.3 is 6.03 Å². The summed E-state index contributed by atoms with van der Waals surface area (Å²) in [6.45, 7) is 6.19. The van der Waals surface area contributed by atoms with Crippen LogP contribution in [0.1, 0.15) is 31.4 Å². The predicted molar refractivity (Wildman–Crippen MR) is 125 cm³/mol. The monoisotopic (exact) mass is 420 g/mol. The first-order chi connectivity index (χ1) is 15.1. The van der Waals surface area contributed by atoms with Crippen molar-refractivity contribution in [2.45, 2.75) is 33.2 Å². The number of hydrogen-bond acceptors (Lipinski definition) is 2. The molecule has 31 heavy (non-hydrogen) atoms. The van der Waals surface area contributed by atoms with Crippen LogP contribution in [0.25, 0.3) is 10.9 Å². The van der Waals surface area contributed by atoms with Crippen molar-refractivity contribution in [3.8, 4) is 0 Å². The molecule has 164 valence electrons. The van der Waals surface area contributed by atoms with Gasteiger partial charge in [0, 0.05) is 43.3 Å². The number of rotatable bonds is 10. The molecule has 2 aromatic carbocycles. The summed E-state index contributed by atoms with van der Waals surface area (Å²) in [5.41, 5.74) is 3.37. The third-order valence-electron chi connectivity index (χ3n) is 5.33. The minimum absolute atomic E-state index is 0.0385. The molecule has 0 aliphatic rings. The highest BCUT2D eigenvalue weighted by Gasteiger charge is 2.21. The van der Waals surface area contributed by atoms with E-state index < -0.39 is 0 Å². The molecule has 6 nitrogen and oxygen atoms in total. The lowest BCUT2D eigenvalue weighted by molar-refractivity contribution is -0.132. The number of aromatic amines is 1. The molecule has 0 radical (unpaired) electrons. The SMILES string of the molecule is CCCN(CC(=O)N(CCc1c[nH]c2ccccc12)Cc1ccccc1)C(=O)NCC. The highest BCUT2D eigenvalue weighted by atomic mass is 16.2. The van der Waals surface area contributed by atoms with Crippen LogP contribution in [0.2, 0.25) is 0 Å². The average Bonchev–Trinajstić information content (AvgIpc) is 3.20. The van der Waals surface area contributed by atoms with E-state index in [9.17, 15) is 9.59 Å². The van der Waals surface area contributed by atoms with E-state index in [-0.39, 0.29) is 18.5 Å². The Labute approximate surface area is 184 Å². The average molecular weight is 421 g/mol. The number of amides is 3. The molecule has 0 atom stereocenters. The Morgan fingerprint density at radius 2 is 1.68 bits per heavy atom. The number of para-hydroxylation sites is 1. The lowest BCUT2D eigenvalue weighted by Crippen LogP contribution is -2.47. The number of carbonyl (C=O) groups is 2. The molecule has 0 fully saturated rings. The summed E-state index contributed by atoms with van der Waals surface area (Å²) in [7, 11) is 0. The van der Waals surface area contributed by atoms with Crippen LogP contribution in [-0.4, -0.2) is 52.9 Å². The smallest absolute Gasteiger partial charge is 0.317 e. The van der Waals surface area contributed by atoms with Crippen molar-refractivity contribution in [3.05, 3.63) is 71.9 Å². The first kappa shape index (κ1) is 22.4. The van der Waals surface area contributed by atoms with Crippen molar-refractivity contribution in [3.63, 3.8) is 0 Å². The fourth-order valence-electron chi connectivity index (χ4n) is 3.74. The van der Waals surface area contributed by atoms with Gasteiger partial charge in [-0.2, -0.15) is 0 Å². The number of nitrogens with zero attached hydrogens (tertiary/aromatic N) is 2. The summed E-state index contributed by atoms with van der Waals surface area (Å²) in [6.07, 6.45) is 3.57. The van der Waals surface area contributed by atoms with Crippen molar-refractivity contribution in [1.29, 1.82) is 0 Å². The Bertz CT molecular complexity index is 983. The second kappa shape index (κ2) is 11.2. The molecule has 2 N–H and O–H groups in total. The van der Waals surface area contributed by atoms with Gasteiger partial charge in [-0.1, -0.05) is 55.5 Å². The standard InChI is InChI=1S/C25H32N4O2/c1-3-15-29(25(31)26-4-2)19-24(30)28(18-20-10-6-5-7-11-20)16-14-21-17-27-23-13-9-8-12-22(21)23/h5-13,17,27H,3-4,14-16,18-19H2,1-2H3,(H,26,31). The second-order valence-corrected chi connectivity index (χ2v) is 7.67. The maximum atomic E-state index is 13.3. The maximum Gasteiger partial charge on any atom is 0.317 e. The van der Waals surface area contributed by atoms with E-state index in [0.717, 1.165) is 23.9 Å². The minimum atomic E-state index is -0.186. The van der Waals surface area contributed by atoms with Crippen molar-refractivity contribution in [1.82, 2.24) is 20.1 Å². The number of carbonyl (C=O) groups excluding carboxylic acids is 2. The summed E-state index contributed by atoms with van der Waals surface area (Å²) >= 11 is 0. The lowest BCUT2D eigenvalue weighted by Gasteiger charge is -2.28. The molecule has 0 aliphatic carbocycles. The molecule has 0 saturated carbocycles. The number of urea groups is 1. The molecule has 3 amide bonds. The number of benzene rings is 2. The topological polar surface area (TPSA) is 68.4 Å². The quantitative estimate of drug-likeness (QED) is 0.517. The van der Waals surface area contributed by atoms with Gasteiger partial charge < -0.3 is 20.1 Å². The molecular weight excluding hydrogens is 388 g/mol. The highest BCUT2D eigenvalue weighted by Crippen LogP contribution is 2.19. The van der Waals surface area contributed by atoms with Gasteiger partial charge in [0.05, 0.1) is 0 Å².